The quantitative estimate of drug-likeness (QED) is 0.363. The van der Waals surface area contributed by atoms with E-state index in [1.54, 1.807) is 20.0 Å². The Morgan fingerprint density at radius 3 is 1.50 bits per heavy atom. The topological polar surface area (TPSA) is 0 Å². The van der Waals surface area contributed by atoms with Crippen molar-refractivity contribution in [1.29, 1.82) is 0 Å². The predicted molar refractivity (Wildman–Crippen MR) is 95.7 cm³/mol. The summed E-state index contributed by atoms with van der Waals surface area (Å²) in [5, 5.41) is 4.26. The fraction of sp³-hybridized carbons (Fsp3) is 0.0526. The van der Waals surface area contributed by atoms with Gasteiger partial charge in [-0.05, 0) is 36.3 Å². The molecule has 0 aliphatic rings. The van der Waals surface area contributed by atoms with E-state index in [1.165, 1.54) is 21.5 Å². The van der Waals surface area contributed by atoms with Gasteiger partial charge < -0.3 is 0 Å². The van der Waals surface area contributed by atoms with Gasteiger partial charge in [0.05, 0.1) is 0 Å². The predicted octanol–water partition coefficient (Wildman–Crippen LogP) is 4.44. The van der Waals surface area contributed by atoms with Crippen molar-refractivity contribution in [3.63, 3.8) is 0 Å². The first kappa shape index (κ1) is 17.5. The first-order chi connectivity index (χ1) is 10.9. The molecule has 3 aromatic carbocycles. The minimum absolute atomic E-state index is 0.467. The van der Waals surface area contributed by atoms with Gasteiger partial charge in [0.2, 0.25) is 0 Å². The van der Waals surface area contributed by atoms with Crippen LogP contribution in [0.3, 0.4) is 0 Å². The van der Waals surface area contributed by atoms with Gasteiger partial charge in [-0.2, -0.15) is 0 Å². The molecular formula is C19H17AuClP. The van der Waals surface area contributed by atoms with E-state index in [-0.39, 0.29) is 0 Å². The van der Waals surface area contributed by atoms with Gasteiger partial charge in [-0.25, -0.2) is 0 Å². The van der Waals surface area contributed by atoms with Gasteiger partial charge in [0.25, 0.3) is 0 Å². The van der Waals surface area contributed by atoms with Crippen molar-refractivity contribution in [3.8, 4) is 0 Å². The number of rotatable bonds is 3. The molecule has 0 aromatic heterocycles. The second kappa shape index (κ2) is 9.30. The van der Waals surface area contributed by atoms with Crippen LogP contribution >= 0.6 is 17.1 Å². The van der Waals surface area contributed by atoms with Crippen molar-refractivity contribution < 1.29 is 20.0 Å². The van der Waals surface area contributed by atoms with E-state index in [4.69, 9.17) is 0 Å². The van der Waals surface area contributed by atoms with Crippen LogP contribution in [0.4, 0.5) is 0 Å². The molecule has 0 heterocycles. The Bertz CT molecular complexity index is 647. The molecule has 0 N–H and O–H groups in total. The molecule has 0 aliphatic heterocycles. The van der Waals surface area contributed by atoms with Gasteiger partial charge in [0, 0.05) is 0 Å². The van der Waals surface area contributed by atoms with Crippen molar-refractivity contribution in [2.75, 3.05) is 0 Å². The van der Waals surface area contributed by atoms with Crippen LogP contribution in [-0.4, -0.2) is 0 Å². The Morgan fingerprint density at radius 2 is 1.05 bits per heavy atom. The molecule has 0 saturated carbocycles. The zero-order valence-electron chi connectivity index (χ0n) is 12.2. The molecule has 0 fully saturated rings. The van der Waals surface area contributed by atoms with Crippen LogP contribution in [0.15, 0.2) is 84.9 Å². The van der Waals surface area contributed by atoms with Gasteiger partial charge in [0.1, 0.15) is 0 Å². The van der Waals surface area contributed by atoms with E-state index in [0.717, 1.165) is 0 Å². The molecule has 0 unspecified atom stereocenters. The Labute approximate surface area is 150 Å². The standard InChI is InChI=1S/C19H17P.Au.ClH/c1-16-10-8-9-15-19(16)20(17-11-4-2-5-12-17)18-13-6-3-7-14-18;;/h2-15H,1H3;;1H/q;+1;/p-1. The summed E-state index contributed by atoms with van der Waals surface area (Å²) in [5.41, 5.74) is 1.37. The normalized spacial score (nSPS) is 10.0. The molecule has 3 heteroatoms. The number of benzene rings is 3. The summed E-state index contributed by atoms with van der Waals surface area (Å²) in [6.45, 7) is 2.20. The van der Waals surface area contributed by atoms with Crippen LogP contribution in [0.5, 0.6) is 0 Å². The summed E-state index contributed by atoms with van der Waals surface area (Å²) in [5.74, 6) is 0. The van der Waals surface area contributed by atoms with E-state index >= 15 is 0 Å². The molecular weight excluding hydrogens is 492 g/mol. The van der Waals surface area contributed by atoms with Crippen LogP contribution in [0.1, 0.15) is 5.56 Å². The monoisotopic (exact) mass is 508 g/mol. The summed E-state index contributed by atoms with van der Waals surface area (Å²) in [4.78, 5) is 0. The van der Waals surface area contributed by atoms with Gasteiger partial charge in [-0.15, -0.1) is 0 Å². The molecule has 0 nitrogen and oxygen atoms in total. The summed E-state index contributed by atoms with van der Waals surface area (Å²) < 4.78 is 0. The fourth-order valence-electron chi connectivity index (χ4n) is 2.40. The van der Waals surface area contributed by atoms with Gasteiger partial charge >= 0.3 is 29.2 Å². The molecule has 0 radical (unpaired) electrons. The average Bonchev–Trinajstić information content (AvgIpc) is 2.61. The first-order valence-corrected chi connectivity index (χ1v) is 11.0. The van der Waals surface area contributed by atoms with E-state index in [1.807, 2.05) is 0 Å². The van der Waals surface area contributed by atoms with E-state index in [9.17, 15) is 0 Å². The van der Waals surface area contributed by atoms with E-state index in [2.05, 4.69) is 101 Å². The summed E-state index contributed by atoms with van der Waals surface area (Å²) in [6, 6.07) is 30.4. The summed E-state index contributed by atoms with van der Waals surface area (Å²) in [7, 11) is 4.12. The Kier molecular flexibility index (Phi) is 7.39. The first-order valence-electron chi connectivity index (χ1n) is 6.93. The molecule has 0 atom stereocenters. The molecule has 0 amide bonds. The molecule has 0 aliphatic carbocycles. The number of hydrogen-bond acceptors (Lipinski definition) is 0. The van der Waals surface area contributed by atoms with Crippen LogP contribution in [0.2, 0.25) is 0 Å². The van der Waals surface area contributed by atoms with Crippen molar-refractivity contribution in [3.05, 3.63) is 90.5 Å². The second-order valence-electron chi connectivity index (χ2n) is 4.79. The zero-order valence-corrected chi connectivity index (χ0v) is 16.0. The Morgan fingerprint density at radius 1 is 0.636 bits per heavy atom. The van der Waals surface area contributed by atoms with Crippen molar-refractivity contribution in [1.82, 2.24) is 0 Å². The fourth-order valence-corrected chi connectivity index (χ4v) is 4.85. The van der Waals surface area contributed by atoms with Crippen LogP contribution in [0.25, 0.3) is 0 Å². The van der Waals surface area contributed by atoms with Gasteiger partial charge in [-0.1, -0.05) is 84.9 Å². The second-order valence-corrected chi connectivity index (χ2v) is 6.98. The van der Waals surface area contributed by atoms with Crippen molar-refractivity contribution >= 4 is 33.0 Å². The molecule has 0 bridgehead atoms. The molecule has 22 heavy (non-hydrogen) atoms. The molecule has 0 spiro atoms. The molecule has 3 aromatic rings. The molecule has 3 rings (SSSR count). The third-order valence-corrected chi connectivity index (χ3v) is 6.00. The molecule has 0 saturated heterocycles. The average molecular weight is 509 g/mol. The maximum atomic E-state index is 4.58. The van der Waals surface area contributed by atoms with Gasteiger partial charge in [0.15, 0.2) is 0 Å². The van der Waals surface area contributed by atoms with Gasteiger partial charge in [-0.3, -0.25) is 0 Å². The Balaban J connectivity index is 0.000000847. The molecule has 116 valence electrons. The number of hydrogen-bond donors (Lipinski definition) is 0. The third-order valence-electron chi connectivity index (χ3n) is 3.39. The summed E-state index contributed by atoms with van der Waals surface area (Å²) >= 11 is 1.75. The van der Waals surface area contributed by atoms with Crippen LogP contribution in [-0.2, 0) is 20.0 Å². The van der Waals surface area contributed by atoms with Crippen molar-refractivity contribution in [2.45, 2.75) is 6.92 Å². The third kappa shape index (κ3) is 4.32. The number of aryl methyl sites for hydroxylation is 1. The van der Waals surface area contributed by atoms with Crippen molar-refractivity contribution in [2.24, 2.45) is 0 Å². The minimum atomic E-state index is -0.467. The maximum absolute atomic E-state index is 4.58. The van der Waals surface area contributed by atoms with E-state index < -0.39 is 7.92 Å². The Hall–Kier alpha value is -0.880. The van der Waals surface area contributed by atoms with Crippen LogP contribution in [0, 0.1) is 6.92 Å². The zero-order chi connectivity index (χ0) is 15.8. The SMILES string of the molecule is Cc1ccccc1P(c1ccccc1)c1ccccc1.[Cl][Au]. The summed E-state index contributed by atoms with van der Waals surface area (Å²) in [6.07, 6.45) is 0. The van der Waals surface area contributed by atoms with Crippen LogP contribution < -0.4 is 15.9 Å². The number of halogens is 1. The van der Waals surface area contributed by atoms with E-state index in [0.29, 0.717) is 0 Å².